The second-order valence-corrected chi connectivity index (χ2v) is 8.32. The normalized spacial score (nSPS) is 11.4. The molecule has 0 fully saturated rings. The van der Waals surface area contributed by atoms with Gasteiger partial charge in [-0.3, -0.25) is 4.72 Å². The number of rotatable bonds is 5. The van der Waals surface area contributed by atoms with E-state index in [9.17, 15) is 17.2 Å². The maximum atomic E-state index is 14.1. The van der Waals surface area contributed by atoms with Gasteiger partial charge in [-0.2, -0.15) is 0 Å². The Morgan fingerprint density at radius 2 is 1.59 bits per heavy atom. The Bertz CT molecular complexity index is 1100. The van der Waals surface area contributed by atoms with Crippen LogP contribution >= 0.6 is 23.2 Å². The van der Waals surface area contributed by atoms with Crippen LogP contribution < -0.4 is 4.72 Å². The minimum absolute atomic E-state index is 0.0873. The van der Waals surface area contributed by atoms with Crippen LogP contribution in [0.5, 0.6) is 0 Å². The van der Waals surface area contributed by atoms with E-state index < -0.39 is 21.7 Å². The van der Waals surface area contributed by atoms with Crippen LogP contribution in [0.3, 0.4) is 0 Å². The van der Waals surface area contributed by atoms with Gasteiger partial charge in [0.1, 0.15) is 11.6 Å². The summed E-state index contributed by atoms with van der Waals surface area (Å²) in [5, 5.41) is 0.570. The lowest BCUT2D eigenvalue weighted by atomic mass is 10.0. The third kappa shape index (κ3) is 4.77. The van der Waals surface area contributed by atoms with Crippen molar-refractivity contribution >= 4 is 38.9 Å². The standard InChI is InChI=1S/C19H13Cl2F2NO2S/c20-16-8-5-12(9-17(16)21)11-27(25,26)24-19-4-2-1-3-15(19)14-7-6-13(22)10-18(14)23/h1-10,24H,11H2. The van der Waals surface area contributed by atoms with E-state index in [1.54, 1.807) is 24.3 Å². The van der Waals surface area contributed by atoms with Crippen LogP contribution in [-0.2, 0) is 15.8 Å². The maximum absolute atomic E-state index is 14.1. The van der Waals surface area contributed by atoms with Crippen molar-refractivity contribution in [2.24, 2.45) is 0 Å². The molecule has 3 aromatic rings. The van der Waals surface area contributed by atoms with E-state index in [2.05, 4.69) is 4.72 Å². The van der Waals surface area contributed by atoms with Crippen molar-refractivity contribution < 1.29 is 17.2 Å². The summed E-state index contributed by atoms with van der Waals surface area (Å²) in [6.45, 7) is 0. The molecule has 27 heavy (non-hydrogen) atoms. The van der Waals surface area contributed by atoms with Crippen LogP contribution in [0.25, 0.3) is 11.1 Å². The van der Waals surface area contributed by atoms with Gasteiger partial charge in [0.25, 0.3) is 0 Å². The summed E-state index contributed by atoms with van der Waals surface area (Å²) in [7, 11) is -3.82. The highest BCUT2D eigenvalue weighted by atomic mass is 35.5. The fourth-order valence-corrected chi connectivity index (χ4v) is 4.09. The molecule has 3 aromatic carbocycles. The number of halogens is 4. The number of hydrogen-bond acceptors (Lipinski definition) is 2. The Morgan fingerprint density at radius 1 is 0.852 bits per heavy atom. The highest BCUT2D eigenvalue weighted by Gasteiger charge is 2.17. The molecule has 0 radical (unpaired) electrons. The molecule has 0 aliphatic carbocycles. The van der Waals surface area contributed by atoms with Gasteiger partial charge in [-0.1, -0.05) is 47.5 Å². The largest absolute Gasteiger partial charge is 0.283 e. The zero-order valence-corrected chi connectivity index (χ0v) is 16.0. The lowest BCUT2D eigenvalue weighted by Crippen LogP contribution is -2.15. The van der Waals surface area contributed by atoms with Crippen molar-refractivity contribution in [1.29, 1.82) is 0 Å². The number of anilines is 1. The van der Waals surface area contributed by atoms with Crippen LogP contribution in [0, 0.1) is 11.6 Å². The first-order chi connectivity index (χ1) is 12.7. The molecule has 0 saturated carbocycles. The average Bonchev–Trinajstić information content (AvgIpc) is 2.58. The lowest BCUT2D eigenvalue weighted by Gasteiger charge is -2.14. The molecule has 0 atom stereocenters. The molecule has 140 valence electrons. The summed E-state index contributed by atoms with van der Waals surface area (Å²) in [6, 6.07) is 13.9. The molecule has 0 aromatic heterocycles. The van der Waals surface area contributed by atoms with Crippen LogP contribution in [0.1, 0.15) is 5.56 Å². The van der Waals surface area contributed by atoms with E-state index in [-0.39, 0.29) is 22.0 Å². The molecule has 0 bridgehead atoms. The monoisotopic (exact) mass is 427 g/mol. The number of benzene rings is 3. The third-order valence-electron chi connectivity index (χ3n) is 3.75. The van der Waals surface area contributed by atoms with Crippen molar-refractivity contribution in [3.63, 3.8) is 0 Å². The molecule has 0 aliphatic rings. The van der Waals surface area contributed by atoms with E-state index in [0.717, 1.165) is 12.1 Å². The third-order valence-corrected chi connectivity index (χ3v) is 5.74. The van der Waals surface area contributed by atoms with Crippen molar-refractivity contribution in [2.45, 2.75) is 5.75 Å². The number of hydrogen-bond donors (Lipinski definition) is 1. The van der Waals surface area contributed by atoms with Crippen molar-refractivity contribution in [3.8, 4) is 11.1 Å². The molecule has 0 aliphatic heterocycles. The van der Waals surface area contributed by atoms with Gasteiger partial charge in [0.2, 0.25) is 10.0 Å². The molecule has 3 nitrogen and oxygen atoms in total. The fraction of sp³-hybridized carbons (Fsp3) is 0.0526. The second kappa shape index (κ2) is 7.84. The Hall–Kier alpha value is -2.15. The van der Waals surface area contributed by atoms with E-state index >= 15 is 0 Å². The molecule has 3 rings (SSSR count). The van der Waals surface area contributed by atoms with E-state index in [1.807, 2.05) is 0 Å². The van der Waals surface area contributed by atoms with Crippen LogP contribution in [0.15, 0.2) is 60.7 Å². The quantitative estimate of drug-likeness (QED) is 0.552. The Morgan fingerprint density at radius 3 is 2.30 bits per heavy atom. The Balaban J connectivity index is 1.92. The van der Waals surface area contributed by atoms with Crippen LogP contribution in [0.2, 0.25) is 10.0 Å². The minimum Gasteiger partial charge on any atom is -0.283 e. The zero-order chi connectivity index (χ0) is 19.6. The summed E-state index contributed by atoms with van der Waals surface area (Å²) in [6.07, 6.45) is 0. The summed E-state index contributed by atoms with van der Waals surface area (Å²) in [5.74, 6) is -1.84. The van der Waals surface area contributed by atoms with Gasteiger partial charge in [-0.05, 0) is 35.9 Å². The van der Waals surface area contributed by atoms with Gasteiger partial charge in [0.05, 0.1) is 21.5 Å². The highest BCUT2D eigenvalue weighted by Crippen LogP contribution is 2.31. The molecule has 0 amide bonds. The van der Waals surface area contributed by atoms with E-state index in [1.165, 1.54) is 24.3 Å². The van der Waals surface area contributed by atoms with E-state index in [4.69, 9.17) is 23.2 Å². The van der Waals surface area contributed by atoms with Gasteiger partial charge in [-0.15, -0.1) is 0 Å². The second-order valence-electron chi connectivity index (χ2n) is 5.78. The lowest BCUT2D eigenvalue weighted by molar-refractivity contribution is 0.585. The zero-order valence-electron chi connectivity index (χ0n) is 13.7. The van der Waals surface area contributed by atoms with Gasteiger partial charge in [0.15, 0.2) is 0 Å². The summed E-state index contributed by atoms with van der Waals surface area (Å²) < 4.78 is 54.8. The maximum Gasteiger partial charge on any atom is 0.236 e. The minimum atomic E-state index is -3.82. The van der Waals surface area contributed by atoms with Crippen LogP contribution in [-0.4, -0.2) is 8.42 Å². The highest BCUT2D eigenvalue weighted by molar-refractivity contribution is 7.91. The van der Waals surface area contributed by atoms with Crippen LogP contribution in [0.4, 0.5) is 14.5 Å². The Kier molecular flexibility index (Phi) is 5.69. The molecule has 0 unspecified atom stereocenters. The first kappa shape index (κ1) is 19.6. The smallest absolute Gasteiger partial charge is 0.236 e. The number of nitrogens with one attached hydrogen (secondary N) is 1. The van der Waals surface area contributed by atoms with Gasteiger partial charge >= 0.3 is 0 Å². The topological polar surface area (TPSA) is 46.2 Å². The molecule has 0 spiro atoms. The molecule has 8 heteroatoms. The summed E-state index contributed by atoms with van der Waals surface area (Å²) in [4.78, 5) is 0. The molecule has 0 saturated heterocycles. The van der Waals surface area contributed by atoms with Crippen molar-refractivity contribution in [3.05, 3.63) is 87.9 Å². The van der Waals surface area contributed by atoms with Gasteiger partial charge in [-0.25, -0.2) is 17.2 Å². The average molecular weight is 428 g/mol. The summed E-state index contributed by atoms with van der Waals surface area (Å²) >= 11 is 11.8. The predicted octanol–water partition coefficient (Wildman–Crippen LogP) is 5.88. The molecule has 0 heterocycles. The van der Waals surface area contributed by atoms with Gasteiger partial charge in [0, 0.05) is 17.2 Å². The summed E-state index contributed by atoms with van der Waals surface area (Å²) in [5.41, 5.74) is 1.02. The predicted molar refractivity (Wildman–Crippen MR) is 105 cm³/mol. The number of sulfonamides is 1. The van der Waals surface area contributed by atoms with Crippen molar-refractivity contribution in [1.82, 2.24) is 0 Å². The number of para-hydroxylation sites is 1. The Labute approximate surface area is 165 Å². The molecule has 1 N–H and O–H groups in total. The van der Waals surface area contributed by atoms with Gasteiger partial charge < -0.3 is 0 Å². The molecular weight excluding hydrogens is 415 g/mol. The fourth-order valence-electron chi connectivity index (χ4n) is 2.57. The van der Waals surface area contributed by atoms with E-state index in [0.29, 0.717) is 16.1 Å². The van der Waals surface area contributed by atoms with Crippen molar-refractivity contribution in [2.75, 3.05) is 4.72 Å². The first-order valence-electron chi connectivity index (χ1n) is 7.74. The SMILES string of the molecule is O=S(=O)(Cc1ccc(Cl)c(Cl)c1)Nc1ccccc1-c1ccc(F)cc1F. The first-order valence-corrected chi connectivity index (χ1v) is 10.1. The molecular formula is C19H13Cl2F2NO2S.